The van der Waals surface area contributed by atoms with Crippen LogP contribution in [0.5, 0.6) is 5.75 Å². The largest absolute Gasteiger partial charge is 0.464 e. The number of para-hydroxylation sites is 1. The molecule has 0 aromatic heterocycles. The van der Waals surface area contributed by atoms with Crippen LogP contribution < -0.4 is 26.2 Å². The fraction of sp³-hybridized carbons (Fsp3) is 0.536. The van der Waals surface area contributed by atoms with Crippen molar-refractivity contribution in [2.75, 3.05) is 13.2 Å². The van der Waals surface area contributed by atoms with Gasteiger partial charge in [0.15, 0.2) is 0 Å². The van der Waals surface area contributed by atoms with Crippen molar-refractivity contribution in [1.29, 1.82) is 5.26 Å². The molecule has 7 atom stereocenters. The normalized spacial score (nSPS) is 31.7. The molecule has 1 aliphatic carbocycles. The number of aliphatic imine (C=N–C) groups is 1. The van der Waals surface area contributed by atoms with Crippen LogP contribution in [0.4, 0.5) is 0 Å². The van der Waals surface area contributed by atoms with Gasteiger partial charge in [0.2, 0.25) is 5.60 Å². The van der Waals surface area contributed by atoms with Gasteiger partial charge in [0.1, 0.15) is 54.8 Å². The van der Waals surface area contributed by atoms with Crippen LogP contribution in [0.2, 0.25) is 0 Å². The number of nitrogens with zero attached hydrogens (tertiary/aromatic N) is 2. The number of ether oxygens (including phenoxy) is 2. The summed E-state index contributed by atoms with van der Waals surface area (Å²) in [5, 5.41) is 34.6. The third-order valence-corrected chi connectivity index (χ3v) is 9.34. The zero-order valence-corrected chi connectivity index (χ0v) is 25.2. The monoisotopic (exact) mass is 618 g/mol. The Morgan fingerprint density at radius 1 is 1.30 bits per heavy atom. The van der Waals surface area contributed by atoms with E-state index in [-0.39, 0.29) is 24.7 Å². The standard InChI is InChI=1S/C28H39N6O8P/c1-4-19(5-2)14-39-26(37)18(3)34-43(38,41-21-9-7-6-8-10-21)40-16-27(15-29)23(35)24(36)28(42-27)13-20(28)11-12-22-25(30)31-17-32-33-22/h6-12,17-19,23-25,33,35-36H,4-5,13-14,16,30H2,1-3H3,(H,31,32)(H,34,38)/b20-11+,22-12-/t18-,23-,24+,25?,27+,28?,43?/m0/s1. The molecule has 1 aromatic rings. The smallest absolute Gasteiger partial charge is 0.459 e. The third-order valence-electron chi connectivity index (χ3n) is 7.72. The van der Waals surface area contributed by atoms with Crippen LogP contribution in [-0.2, 0) is 23.4 Å². The van der Waals surface area contributed by atoms with E-state index in [9.17, 15) is 24.8 Å². The van der Waals surface area contributed by atoms with E-state index in [0.717, 1.165) is 12.8 Å². The summed E-state index contributed by atoms with van der Waals surface area (Å²) in [5.74, 6) is -0.308. The van der Waals surface area contributed by atoms with Crippen LogP contribution in [0.15, 0.2) is 58.7 Å². The molecule has 4 rings (SSSR count). The molecule has 7 N–H and O–H groups in total. The Labute approximate surface area is 250 Å². The van der Waals surface area contributed by atoms with E-state index in [1.807, 2.05) is 19.9 Å². The van der Waals surface area contributed by atoms with Crippen LogP contribution in [0, 0.1) is 17.2 Å². The second-order valence-electron chi connectivity index (χ2n) is 10.7. The number of carbonyl (C=O) groups is 1. The molecule has 3 unspecified atom stereocenters. The average molecular weight is 619 g/mol. The van der Waals surface area contributed by atoms with Gasteiger partial charge >= 0.3 is 13.7 Å². The summed E-state index contributed by atoms with van der Waals surface area (Å²) in [7, 11) is -4.38. The van der Waals surface area contributed by atoms with Gasteiger partial charge in [-0.2, -0.15) is 10.3 Å². The van der Waals surface area contributed by atoms with Crippen LogP contribution in [0.3, 0.4) is 0 Å². The van der Waals surface area contributed by atoms with Gasteiger partial charge in [-0.25, -0.2) is 9.56 Å². The van der Waals surface area contributed by atoms with Crippen molar-refractivity contribution in [2.24, 2.45) is 16.6 Å². The first kappa shape index (κ1) is 32.6. The van der Waals surface area contributed by atoms with Crippen molar-refractivity contribution in [3.05, 3.63) is 53.8 Å². The number of aliphatic hydroxyl groups excluding tert-OH is 2. The highest BCUT2D eigenvalue weighted by Crippen LogP contribution is 2.58. The first-order chi connectivity index (χ1) is 20.5. The topological polar surface area (TPSA) is 210 Å². The predicted molar refractivity (Wildman–Crippen MR) is 156 cm³/mol. The lowest BCUT2D eigenvalue weighted by atomic mass is 9.96. The predicted octanol–water partition coefficient (Wildman–Crippen LogP) is 1.54. The molecule has 2 heterocycles. The second-order valence-corrected chi connectivity index (χ2v) is 12.4. The lowest BCUT2D eigenvalue weighted by Gasteiger charge is -2.28. The molecule has 0 radical (unpaired) electrons. The number of rotatable bonds is 13. The first-order valence-corrected chi connectivity index (χ1v) is 15.7. The molecular formula is C28H39N6O8P. The van der Waals surface area contributed by atoms with Gasteiger partial charge in [0.25, 0.3) is 0 Å². The van der Waals surface area contributed by atoms with Crippen molar-refractivity contribution in [3.8, 4) is 11.8 Å². The van der Waals surface area contributed by atoms with E-state index in [0.29, 0.717) is 11.3 Å². The minimum Gasteiger partial charge on any atom is -0.464 e. The van der Waals surface area contributed by atoms with Gasteiger partial charge in [0.05, 0.1) is 12.3 Å². The van der Waals surface area contributed by atoms with Gasteiger partial charge in [-0.05, 0) is 36.6 Å². The number of nitriles is 1. The molecule has 2 aliphatic heterocycles. The molecule has 1 saturated heterocycles. The van der Waals surface area contributed by atoms with E-state index < -0.39 is 55.9 Å². The quantitative estimate of drug-likeness (QED) is 0.137. The lowest BCUT2D eigenvalue weighted by Crippen LogP contribution is -2.46. The molecule has 0 bridgehead atoms. The highest BCUT2D eigenvalue weighted by molar-refractivity contribution is 7.52. The van der Waals surface area contributed by atoms with Crippen LogP contribution in [0.1, 0.15) is 40.0 Å². The number of nitrogens with one attached hydrogen (secondary N) is 3. The Morgan fingerprint density at radius 2 is 2.02 bits per heavy atom. The number of hydrazine groups is 1. The van der Waals surface area contributed by atoms with E-state index in [2.05, 4.69) is 20.9 Å². The molecule has 0 amide bonds. The van der Waals surface area contributed by atoms with Crippen molar-refractivity contribution < 1.29 is 38.1 Å². The molecule has 1 aromatic carbocycles. The number of esters is 1. The molecule has 14 nitrogen and oxygen atoms in total. The third kappa shape index (κ3) is 7.27. The molecule has 1 spiro atoms. The number of allylic oxidation sites excluding steroid dienone is 2. The fourth-order valence-electron chi connectivity index (χ4n) is 4.77. The molecular weight excluding hydrogens is 579 g/mol. The van der Waals surface area contributed by atoms with E-state index in [1.54, 1.807) is 30.4 Å². The van der Waals surface area contributed by atoms with Crippen LogP contribution in [-0.4, -0.2) is 71.4 Å². The van der Waals surface area contributed by atoms with Crippen LogP contribution >= 0.6 is 7.75 Å². The van der Waals surface area contributed by atoms with E-state index >= 15 is 0 Å². The van der Waals surface area contributed by atoms with E-state index in [4.69, 9.17) is 24.3 Å². The molecule has 2 fully saturated rings. The number of aliphatic hydroxyl groups is 2. The molecule has 234 valence electrons. The van der Waals surface area contributed by atoms with Gasteiger partial charge < -0.3 is 35.4 Å². The number of hydrogen-bond donors (Lipinski definition) is 6. The summed E-state index contributed by atoms with van der Waals surface area (Å²) in [5.41, 5.74) is 9.20. The Hall–Kier alpha value is -3.28. The second kappa shape index (κ2) is 13.6. The first-order valence-electron chi connectivity index (χ1n) is 14.1. The number of nitrogens with two attached hydrogens (primary N) is 1. The summed E-state index contributed by atoms with van der Waals surface area (Å²) in [6.45, 7) is 4.90. The molecule has 3 aliphatic rings. The lowest BCUT2D eigenvalue weighted by molar-refractivity contribution is -0.146. The van der Waals surface area contributed by atoms with Gasteiger partial charge in [-0.1, -0.05) is 51.0 Å². The summed E-state index contributed by atoms with van der Waals surface area (Å²) < 4.78 is 36.7. The molecule has 15 heteroatoms. The zero-order valence-electron chi connectivity index (χ0n) is 24.3. The van der Waals surface area contributed by atoms with Gasteiger partial charge in [-0.3, -0.25) is 14.7 Å². The number of hydrogen-bond acceptors (Lipinski definition) is 13. The maximum Gasteiger partial charge on any atom is 0.459 e. The Balaban J connectivity index is 1.50. The Bertz CT molecular complexity index is 1330. The Kier molecular flexibility index (Phi) is 10.3. The highest BCUT2D eigenvalue weighted by atomic mass is 31.2. The SMILES string of the molecule is CCC(CC)COC(=O)[C@H](C)NP(=O)(OC[C@@]1(C#N)OC2(C/C2=C\C=C2/NNC=NC2N)[C@H](O)[C@@H]1O)Oc1ccccc1. The summed E-state index contributed by atoms with van der Waals surface area (Å²) in [6, 6.07) is 8.89. The summed E-state index contributed by atoms with van der Waals surface area (Å²) in [6.07, 6.45) is 2.80. The minimum absolute atomic E-state index is 0.167. The maximum absolute atomic E-state index is 14.0. The van der Waals surface area contributed by atoms with Crippen molar-refractivity contribution in [3.63, 3.8) is 0 Å². The summed E-state index contributed by atoms with van der Waals surface area (Å²) in [4.78, 5) is 16.7. The summed E-state index contributed by atoms with van der Waals surface area (Å²) >= 11 is 0. The molecule has 43 heavy (non-hydrogen) atoms. The van der Waals surface area contributed by atoms with Gasteiger partial charge in [-0.15, -0.1) is 0 Å². The number of benzene rings is 1. The maximum atomic E-state index is 14.0. The number of carbonyl (C=O) groups excluding carboxylic acids is 1. The fourth-order valence-corrected chi connectivity index (χ4v) is 6.30. The Morgan fingerprint density at radius 3 is 2.67 bits per heavy atom. The van der Waals surface area contributed by atoms with Crippen molar-refractivity contribution in [2.45, 2.75) is 75.7 Å². The molecule has 1 saturated carbocycles. The highest BCUT2D eigenvalue weighted by Gasteiger charge is 2.71. The van der Waals surface area contributed by atoms with Gasteiger partial charge in [0, 0.05) is 6.42 Å². The zero-order chi connectivity index (χ0) is 31.3. The average Bonchev–Trinajstić information content (AvgIpc) is 3.66. The van der Waals surface area contributed by atoms with E-state index in [1.165, 1.54) is 25.4 Å². The van der Waals surface area contributed by atoms with Crippen molar-refractivity contribution >= 4 is 20.1 Å². The van der Waals surface area contributed by atoms with Crippen molar-refractivity contribution in [1.82, 2.24) is 15.9 Å². The minimum atomic E-state index is -4.38. The van der Waals surface area contributed by atoms with Crippen LogP contribution in [0.25, 0.3) is 0 Å².